The van der Waals surface area contributed by atoms with E-state index >= 15 is 0 Å². The highest BCUT2D eigenvalue weighted by Crippen LogP contribution is 2.29. The number of nitrogens with one attached hydrogen (secondary N) is 2. The molecule has 6 nitrogen and oxygen atoms in total. The highest BCUT2D eigenvalue weighted by atomic mass is 16.5. The van der Waals surface area contributed by atoms with E-state index in [1.165, 1.54) is 0 Å². The molecule has 2 atom stereocenters. The summed E-state index contributed by atoms with van der Waals surface area (Å²) in [7, 11) is 3.33. The predicted molar refractivity (Wildman–Crippen MR) is 123 cm³/mol. The van der Waals surface area contributed by atoms with Crippen molar-refractivity contribution >= 4 is 11.8 Å². The fraction of sp³-hybridized carbons (Fsp3) is 0.462. The second kappa shape index (κ2) is 12.4. The van der Waals surface area contributed by atoms with Crippen molar-refractivity contribution in [3.8, 4) is 0 Å². The van der Waals surface area contributed by atoms with Crippen LogP contribution < -0.4 is 10.6 Å². The molecule has 0 spiro atoms. The second-order valence-corrected chi connectivity index (χ2v) is 8.40. The van der Waals surface area contributed by atoms with Crippen molar-refractivity contribution < 1.29 is 19.1 Å². The van der Waals surface area contributed by atoms with Crippen molar-refractivity contribution in [1.29, 1.82) is 0 Å². The summed E-state index contributed by atoms with van der Waals surface area (Å²) in [5.74, 6) is -0.204. The molecule has 0 radical (unpaired) electrons. The van der Waals surface area contributed by atoms with E-state index in [2.05, 4.69) is 10.6 Å². The third-order valence-corrected chi connectivity index (χ3v) is 6.16. The number of ether oxygens (including phenoxy) is 2. The van der Waals surface area contributed by atoms with Crippen LogP contribution in [0.3, 0.4) is 0 Å². The van der Waals surface area contributed by atoms with Gasteiger partial charge in [-0.05, 0) is 41.5 Å². The lowest BCUT2D eigenvalue weighted by Gasteiger charge is -2.28. The topological polar surface area (TPSA) is 76.7 Å². The van der Waals surface area contributed by atoms with E-state index in [9.17, 15) is 9.59 Å². The lowest BCUT2D eigenvalue weighted by molar-refractivity contribution is -0.130. The highest BCUT2D eigenvalue weighted by Gasteiger charge is 2.31. The van der Waals surface area contributed by atoms with Gasteiger partial charge in [0.2, 0.25) is 11.8 Å². The smallest absolute Gasteiger partial charge is 0.223 e. The number of hydrogen-bond donors (Lipinski definition) is 2. The van der Waals surface area contributed by atoms with E-state index in [1.807, 2.05) is 48.5 Å². The zero-order valence-corrected chi connectivity index (χ0v) is 19.1. The largest absolute Gasteiger partial charge is 0.380 e. The Morgan fingerprint density at radius 2 is 1.16 bits per heavy atom. The highest BCUT2D eigenvalue weighted by molar-refractivity contribution is 5.82. The molecule has 1 aliphatic rings. The zero-order chi connectivity index (χ0) is 22.8. The first-order valence-electron chi connectivity index (χ1n) is 11.3. The molecule has 6 heteroatoms. The molecule has 2 unspecified atom stereocenters. The SMILES string of the molecule is COCc1ccccc1CNC(=O)C1CCCC(C(=O)NCc2ccccc2COC)C1. The molecular formula is C26H34N2O4. The van der Waals surface area contributed by atoms with Gasteiger partial charge in [-0.25, -0.2) is 0 Å². The molecule has 1 aliphatic carbocycles. The molecule has 3 rings (SSSR count). The summed E-state index contributed by atoms with van der Waals surface area (Å²) >= 11 is 0. The summed E-state index contributed by atoms with van der Waals surface area (Å²) in [4.78, 5) is 25.6. The first kappa shape index (κ1) is 24.0. The van der Waals surface area contributed by atoms with Crippen LogP contribution in [0.15, 0.2) is 48.5 Å². The van der Waals surface area contributed by atoms with Gasteiger partial charge < -0.3 is 20.1 Å². The summed E-state index contributed by atoms with van der Waals surface area (Å²) in [6.45, 7) is 1.99. The monoisotopic (exact) mass is 438 g/mol. The summed E-state index contributed by atoms with van der Waals surface area (Å²) in [6.07, 6.45) is 3.13. The number of amides is 2. The molecule has 2 aromatic carbocycles. The summed E-state index contributed by atoms with van der Waals surface area (Å²) in [6, 6.07) is 15.9. The van der Waals surface area contributed by atoms with Gasteiger partial charge in [-0.1, -0.05) is 55.0 Å². The Hall–Kier alpha value is -2.70. The van der Waals surface area contributed by atoms with Gasteiger partial charge in [0.1, 0.15) is 0 Å². The van der Waals surface area contributed by atoms with E-state index < -0.39 is 0 Å². The average molecular weight is 439 g/mol. The van der Waals surface area contributed by atoms with Gasteiger partial charge in [0, 0.05) is 39.1 Å². The van der Waals surface area contributed by atoms with Gasteiger partial charge in [0.25, 0.3) is 0 Å². The number of rotatable bonds is 10. The van der Waals surface area contributed by atoms with Gasteiger partial charge in [-0.2, -0.15) is 0 Å². The molecule has 2 amide bonds. The molecule has 0 aliphatic heterocycles. The van der Waals surface area contributed by atoms with Gasteiger partial charge in [-0.15, -0.1) is 0 Å². The molecule has 32 heavy (non-hydrogen) atoms. The van der Waals surface area contributed by atoms with Gasteiger partial charge in [-0.3, -0.25) is 9.59 Å². The zero-order valence-electron chi connectivity index (χ0n) is 19.1. The Bertz CT molecular complexity index is 827. The van der Waals surface area contributed by atoms with Crippen LogP contribution in [-0.2, 0) is 45.4 Å². The quantitative estimate of drug-likeness (QED) is 0.593. The molecule has 1 fully saturated rings. The summed E-state index contributed by atoms with van der Waals surface area (Å²) < 4.78 is 10.5. The van der Waals surface area contributed by atoms with Crippen LogP contribution in [0.5, 0.6) is 0 Å². The van der Waals surface area contributed by atoms with Crippen LogP contribution >= 0.6 is 0 Å². The maximum atomic E-state index is 12.8. The predicted octanol–water partition coefficient (Wildman–Crippen LogP) is 3.72. The fourth-order valence-electron chi connectivity index (χ4n) is 4.37. The standard InChI is InChI=1S/C26H34N2O4/c1-31-17-23-10-5-3-8-21(23)15-27-25(29)19-12-7-13-20(14-19)26(30)28-16-22-9-4-6-11-24(22)18-32-2/h3-6,8-11,19-20H,7,12-18H2,1-2H3,(H,27,29)(H,28,30). The van der Waals surface area contributed by atoms with Crippen LogP contribution in [0.2, 0.25) is 0 Å². The number of carbonyl (C=O) groups excluding carboxylic acids is 2. The molecule has 2 N–H and O–H groups in total. The van der Waals surface area contributed by atoms with E-state index in [0.717, 1.165) is 41.5 Å². The van der Waals surface area contributed by atoms with Gasteiger partial charge in [0.15, 0.2) is 0 Å². The van der Waals surface area contributed by atoms with Gasteiger partial charge in [0.05, 0.1) is 13.2 Å². The molecule has 172 valence electrons. The van der Waals surface area contributed by atoms with Crippen molar-refractivity contribution in [2.45, 2.75) is 52.0 Å². The third kappa shape index (κ3) is 6.65. The van der Waals surface area contributed by atoms with E-state index in [0.29, 0.717) is 32.7 Å². The minimum atomic E-state index is -0.130. The molecule has 0 saturated heterocycles. The Kier molecular flexibility index (Phi) is 9.26. The van der Waals surface area contributed by atoms with E-state index in [4.69, 9.17) is 9.47 Å². The van der Waals surface area contributed by atoms with Crippen LogP contribution in [-0.4, -0.2) is 26.0 Å². The first-order valence-corrected chi connectivity index (χ1v) is 11.3. The van der Waals surface area contributed by atoms with Crippen molar-refractivity contribution in [2.75, 3.05) is 14.2 Å². The average Bonchev–Trinajstić information content (AvgIpc) is 2.83. The molecule has 0 aromatic heterocycles. The van der Waals surface area contributed by atoms with Crippen LogP contribution in [0, 0.1) is 11.8 Å². The van der Waals surface area contributed by atoms with Gasteiger partial charge >= 0.3 is 0 Å². The van der Waals surface area contributed by atoms with Crippen molar-refractivity contribution in [3.05, 3.63) is 70.8 Å². The molecular weight excluding hydrogens is 404 g/mol. The van der Waals surface area contributed by atoms with Crippen LogP contribution in [0.25, 0.3) is 0 Å². The minimum absolute atomic E-state index is 0.0279. The van der Waals surface area contributed by atoms with Crippen molar-refractivity contribution in [3.63, 3.8) is 0 Å². The third-order valence-electron chi connectivity index (χ3n) is 6.16. The summed E-state index contributed by atoms with van der Waals surface area (Å²) in [5.41, 5.74) is 4.26. The second-order valence-electron chi connectivity index (χ2n) is 8.40. The molecule has 0 bridgehead atoms. The normalized spacial score (nSPS) is 18.2. The molecule has 2 aromatic rings. The van der Waals surface area contributed by atoms with Crippen LogP contribution in [0.4, 0.5) is 0 Å². The Labute approximate surface area is 190 Å². The Morgan fingerprint density at radius 3 is 1.56 bits per heavy atom. The van der Waals surface area contributed by atoms with E-state index in [-0.39, 0.29) is 23.7 Å². The Balaban J connectivity index is 1.51. The number of methoxy groups -OCH3 is 2. The van der Waals surface area contributed by atoms with Crippen LogP contribution in [0.1, 0.15) is 47.9 Å². The van der Waals surface area contributed by atoms with E-state index in [1.54, 1.807) is 14.2 Å². The van der Waals surface area contributed by atoms with Crippen molar-refractivity contribution in [1.82, 2.24) is 10.6 Å². The summed E-state index contributed by atoms with van der Waals surface area (Å²) in [5, 5.41) is 6.13. The number of carbonyl (C=O) groups is 2. The maximum absolute atomic E-state index is 12.8. The number of benzene rings is 2. The lowest BCUT2D eigenvalue weighted by atomic mass is 9.80. The first-order chi connectivity index (χ1) is 15.6. The lowest BCUT2D eigenvalue weighted by Crippen LogP contribution is -2.38. The fourth-order valence-corrected chi connectivity index (χ4v) is 4.37. The molecule has 0 heterocycles. The Morgan fingerprint density at radius 1 is 0.750 bits per heavy atom. The van der Waals surface area contributed by atoms with Crippen molar-refractivity contribution in [2.24, 2.45) is 11.8 Å². The maximum Gasteiger partial charge on any atom is 0.223 e. The molecule has 1 saturated carbocycles. The minimum Gasteiger partial charge on any atom is -0.380 e. The number of hydrogen-bond acceptors (Lipinski definition) is 4.